The number of nitrogens with zero attached hydrogens (tertiary/aromatic N) is 1. The molecule has 0 N–H and O–H groups in total. The molecule has 0 atom stereocenters. The monoisotopic (exact) mass is 151 g/mol. The third-order valence-electron chi connectivity index (χ3n) is 1.40. The van der Waals surface area contributed by atoms with Crippen molar-refractivity contribution in [1.82, 2.24) is 0 Å². The number of aliphatic imine (C=N–C) groups is 1. The van der Waals surface area contributed by atoms with Gasteiger partial charge < -0.3 is 0 Å². The molecule has 0 aliphatic carbocycles. The van der Waals surface area contributed by atoms with Crippen molar-refractivity contribution in [3.63, 3.8) is 0 Å². The van der Waals surface area contributed by atoms with E-state index in [-0.39, 0.29) is 0 Å². The summed E-state index contributed by atoms with van der Waals surface area (Å²) >= 11 is 0. The number of hydrogen-bond donors (Lipinski definition) is 0. The summed E-state index contributed by atoms with van der Waals surface area (Å²) in [6, 6.07) is 0. The van der Waals surface area contributed by atoms with E-state index in [2.05, 4.69) is 32.7 Å². The quantitative estimate of drug-likeness (QED) is 0.537. The molecule has 0 saturated carbocycles. The van der Waals surface area contributed by atoms with Crippen LogP contribution in [0.25, 0.3) is 0 Å². The van der Waals surface area contributed by atoms with E-state index in [0.717, 1.165) is 5.70 Å². The van der Waals surface area contributed by atoms with Crippen LogP contribution in [0.15, 0.2) is 27.9 Å². The Morgan fingerprint density at radius 1 is 1.00 bits per heavy atom. The van der Waals surface area contributed by atoms with Gasteiger partial charge in [-0.05, 0) is 40.7 Å². The van der Waals surface area contributed by atoms with E-state index in [1.54, 1.807) is 0 Å². The Balaban J connectivity index is 4.16. The minimum Gasteiger partial charge on any atom is -0.262 e. The van der Waals surface area contributed by atoms with Gasteiger partial charge in [0.05, 0.1) is 0 Å². The van der Waals surface area contributed by atoms with Gasteiger partial charge in [0.25, 0.3) is 0 Å². The van der Waals surface area contributed by atoms with Crippen molar-refractivity contribution in [3.8, 4) is 0 Å². The highest BCUT2D eigenvalue weighted by Gasteiger charge is 1.83. The van der Waals surface area contributed by atoms with Crippen LogP contribution in [0.2, 0.25) is 0 Å². The van der Waals surface area contributed by atoms with E-state index >= 15 is 0 Å². The molecule has 0 aliphatic rings. The van der Waals surface area contributed by atoms with Crippen molar-refractivity contribution in [2.75, 3.05) is 0 Å². The van der Waals surface area contributed by atoms with Crippen molar-refractivity contribution in [2.45, 2.75) is 34.6 Å². The first-order chi connectivity index (χ1) is 5.04. The molecule has 0 heterocycles. The van der Waals surface area contributed by atoms with Gasteiger partial charge in [-0.2, -0.15) is 0 Å². The zero-order chi connectivity index (χ0) is 8.85. The molecule has 0 aromatic heterocycles. The third-order valence-corrected chi connectivity index (χ3v) is 1.40. The molecule has 62 valence electrons. The summed E-state index contributed by atoms with van der Waals surface area (Å²) < 4.78 is 0. The Morgan fingerprint density at radius 3 is 1.91 bits per heavy atom. The number of allylic oxidation sites excluding steroid dienone is 4. The van der Waals surface area contributed by atoms with Gasteiger partial charge in [-0.1, -0.05) is 11.1 Å². The van der Waals surface area contributed by atoms with Crippen LogP contribution in [0.3, 0.4) is 0 Å². The second-order valence-corrected chi connectivity index (χ2v) is 3.11. The van der Waals surface area contributed by atoms with Gasteiger partial charge in [0.2, 0.25) is 0 Å². The van der Waals surface area contributed by atoms with E-state index in [9.17, 15) is 0 Å². The summed E-state index contributed by atoms with van der Waals surface area (Å²) in [5.74, 6) is 0. The first kappa shape index (κ1) is 10.2. The second kappa shape index (κ2) is 4.89. The molecule has 11 heavy (non-hydrogen) atoms. The Bertz CT molecular complexity index is 199. The fourth-order valence-electron chi connectivity index (χ4n) is 0.427. The molecular formula is C10H17N. The average molecular weight is 151 g/mol. The van der Waals surface area contributed by atoms with Gasteiger partial charge in [-0.25, -0.2) is 0 Å². The number of hydrogen-bond acceptors (Lipinski definition) is 1. The summed E-state index contributed by atoms with van der Waals surface area (Å²) in [4.78, 5) is 4.24. The third kappa shape index (κ3) is 5.59. The Labute approximate surface area is 69.5 Å². The summed E-state index contributed by atoms with van der Waals surface area (Å²) in [5, 5.41) is 0. The van der Waals surface area contributed by atoms with Crippen LogP contribution in [0.4, 0.5) is 0 Å². The van der Waals surface area contributed by atoms with E-state index in [4.69, 9.17) is 0 Å². The van der Waals surface area contributed by atoms with Gasteiger partial charge in [-0.3, -0.25) is 4.99 Å². The second-order valence-electron chi connectivity index (χ2n) is 3.11. The van der Waals surface area contributed by atoms with E-state index in [1.807, 2.05) is 19.2 Å². The SMILES string of the molecule is CC(C)=C/C=N\C(C)=C(C)C. The highest BCUT2D eigenvalue weighted by atomic mass is 14.7. The predicted molar refractivity (Wildman–Crippen MR) is 52.0 cm³/mol. The van der Waals surface area contributed by atoms with Gasteiger partial charge in [0.15, 0.2) is 0 Å². The minimum atomic E-state index is 1.10. The van der Waals surface area contributed by atoms with E-state index < -0.39 is 0 Å². The van der Waals surface area contributed by atoms with Crippen LogP contribution in [-0.2, 0) is 0 Å². The summed E-state index contributed by atoms with van der Waals surface area (Å²) in [5.41, 5.74) is 3.64. The zero-order valence-electron chi connectivity index (χ0n) is 8.10. The molecular weight excluding hydrogens is 134 g/mol. The molecule has 1 nitrogen and oxygen atoms in total. The van der Waals surface area contributed by atoms with Crippen molar-refractivity contribution in [2.24, 2.45) is 4.99 Å². The molecule has 0 saturated heterocycles. The highest BCUT2D eigenvalue weighted by Crippen LogP contribution is 2.01. The van der Waals surface area contributed by atoms with Crippen molar-refractivity contribution >= 4 is 6.21 Å². The lowest BCUT2D eigenvalue weighted by molar-refractivity contribution is 1.19. The molecule has 0 rings (SSSR count). The van der Waals surface area contributed by atoms with Crippen molar-refractivity contribution in [3.05, 3.63) is 22.9 Å². The van der Waals surface area contributed by atoms with E-state index in [1.165, 1.54) is 11.1 Å². The van der Waals surface area contributed by atoms with Gasteiger partial charge >= 0.3 is 0 Å². The molecule has 0 spiro atoms. The Kier molecular flexibility index (Phi) is 4.51. The van der Waals surface area contributed by atoms with Crippen LogP contribution in [-0.4, -0.2) is 6.21 Å². The normalized spacial score (nSPS) is 9.91. The lowest BCUT2D eigenvalue weighted by Crippen LogP contribution is -1.75. The molecule has 0 aromatic rings. The lowest BCUT2D eigenvalue weighted by atomic mass is 10.3. The summed E-state index contributed by atoms with van der Waals surface area (Å²) in [6.07, 6.45) is 3.85. The Morgan fingerprint density at radius 2 is 1.55 bits per heavy atom. The maximum atomic E-state index is 4.24. The first-order valence-electron chi connectivity index (χ1n) is 3.85. The lowest BCUT2D eigenvalue weighted by Gasteiger charge is -1.92. The summed E-state index contributed by atoms with van der Waals surface area (Å²) in [7, 11) is 0. The van der Waals surface area contributed by atoms with Crippen LogP contribution in [0, 0.1) is 0 Å². The fourth-order valence-corrected chi connectivity index (χ4v) is 0.427. The van der Waals surface area contributed by atoms with Gasteiger partial charge in [-0.15, -0.1) is 0 Å². The Hall–Kier alpha value is -0.850. The fraction of sp³-hybridized carbons (Fsp3) is 0.500. The molecule has 0 amide bonds. The topological polar surface area (TPSA) is 12.4 Å². The van der Waals surface area contributed by atoms with Crippen molar-refractivity contribution < 1.29 is 0 Å². The van der Waals surface area contributed by atoms with Crippen LogP contribution >= 0.6 is 0 Å². The average Bonchev–Trinajstić information content (AvgIpc) is 1.86. The maximum Gasteiger partial charge on any atom is 0.0359 e. The first-order valence-corrected chi connectivity index (χ1v) is 3.85. The zero-order valence-corrected chi connectivity index (χ0v) is 8.10. The maximum absolute atomic E-state index is 4.24. The minimum absolute atomic E-state index is 1.10. The predicted octanol–water partition coefficient (Wildman–Crippen LogP) is 3.34. The van der Waals surface area contributed by atoms with Gasteiger partial charge in [0, 0.05) is 11.9 Å². The molecule has 0 unspecified atom stereocenters. The van der Waals surface area contributed by atoms with Crippen molar-refractivity contribution in [1.29, 1.82) is 0 Å². The van der Waals surface area contributed by atoms with E-state index in [0.29, 0.717) is 0 Å². The number of rotatable bonds is 2. The van der Waals surface area contributed by atoms with Crippen LogP contribution < -0.4 is 0 Å². The molecule has 0 aliphatic heterocycles. The van der Waals surface area contributed by atoms with Crippen LogP contribution in [0.1, 0.15) is 34.6 Å². The molecule has 0 bridgehead atoms. The standard InChI is InChI=1S/C10H17N/c1-8(2)6-7-11-10(5)9(3)4/h6-7H,1-5H3/b11-7-. The largest absolute Gasteiger partial charge is 0.262 e. The molecule has 0 radical (unpaired) electrons. The van der Waals surface area contributed by atoms with Crippen LogP contribution in [0.5, 0.6) is 0 Å². The molecule has 1 heteroatoms. The highest BCUT2D eigenvalue weighted by molar-refractivity contribution is 5.72. The van der Waals surface area contributed by atoms with Gasteiger partial charge in [0.1, 0.15) is 0 Å². The molecule has 0 aromatic carbocycles. The summed E-state index contributed by atoms with van der Waals surface area (Å²) in [6.45, 7) is 10.3. The smallest absolute Gasteiger partial charge is 0.0359 e. The molecule has 0 fully saturated rings.